The summed E-state index contributed by atoms with van der Waals surface area (Å²) in [4.78, 5) is 0. The maximum absolute atomic E-state index is 2.18. The molecule has 1 radical (unpaired) electrons. The van der Waals surface area contributed by atoms with Crippen LogP contribution in [0.4, 0.5) is 0 Å². The van der Waals surface area contributed by atoms with Gasteiger partial charge in [0.15, 0.2) is 0 Å². The average molecular weight is 272 g/mol. The van der Waals surface area contributed by atoms with Crippen molar-refractivity contribution < 1.29 is 32.7 Å². The van der Waals surface area contributed by atoms with E-state index in [0.717, 1.165) is 6.42 Å². The maximum Gasteiger partial charge on any atom is 0 e. The Kier molecular flexibility index (Phi) is 33.0. The third-order valence-corrected chi connectivity index (χ3v) is 1.53. The Morgan fingerprint density at radius 1 is 0.929 bits per heavy atom. The van der Waals surface area contributed by atoms with Crippen LogP contribution in [0.3, 0.4) is 0 Å². The summed E-state index contributed by atoms with van der Waals surface area (Å²) in [6, 6.07) is 8.66. The first kappa shape index (κ1) is 29.3. The average Bonchev–Trinajstić information content (AvgIpc) is 1.90. The quantitative estimate of drug-likeness (QED) is 0.637. The fourth-order valence-corrected chi connectivity index (χ4v) is 0.824. The number of benzene rings is 1. The zero-order chi connectivity index (χ0) is 6.69. The van der Waals surface area contributed by atoms with E-state index >= 15 is 0 Å². The van der Waals surface area contributed by atoms with Crippen LogP contribution >= 0.6 is 0 Å². The van der Waals surface area contributed by atoms with Crippen LogP contribution in [0.25, 0.3) is 0 Å². The number of aryl methyl sites for hydroxylation is 2. The molecule has 83 valence electrons. The molecule has 0 nitrogen and oxygen atoms in total. The van der Waals surface area contributed by atoms with E-state index in [1.807, 2.05) is 0 Å². The van der Waals surface area contributed by atoms with Gasteiger partial charge in [0.1, 0.15) is 0 Å². The predicted octanol–water partition coefficient (Wildman–Crippen LogP) is 4.91. The topological polar surface area (TPSA) is 0 Å². The summed E-state index contributed by atoms with van der Waals surface area (Å²) in [5.74, 6) is 0. The van der Waals surface area contributed by atoms with E-state index in [-0.39, 0.29) is 62.4 Å². The number of hydrogen-bond acceptors (Lipinski definition) is 0. The normalized spacial score (nSPS) is 6.14. The third kappa shape index (κ3) is 10.4. The Balaban J connectivity index is -0.0000000540. The molecule has 0 bridgehead atoms. The van der Waals surface area contributed by atoms with Crippen LogP contribution in [0.2, 0.25) is 0 Å². The van der Waals surface area contributed by atoms with Crippen LogP contribution in [-0.2, 0) is 39.1 Å². The molecule has 0 aromatic heterocycles. The molecule has 0 unspecified atom stereocenters. The van der Waals surface area contributed by atoms with Crippen molar-refractivity contribution in [2.45, 2.75) is 42.5 Å². The zero-order valence-corrected chi connectivity index (χ0v) is 10.4. The molecule has 0 amide bonds. The fourth-order valence-electron chi connectivity index (χ4n) is 0.824. The summed E-state index contributed by atoms with van der Waals surface area (Å²) in [5, 5.41) is 0. The molecule has 0 aliphatic heterocycles. The van der Waals surface area contributed by atoms with E-state index in [2.05, 4.69) is 38.1 Å². The van der Waals surface area contributed by atoms with Crippen LogP contribution in [-0.4, -0.2) is 0 Å². The third-order valence-electron chi connectivity index (χ3n) is 1.53. The first-order valence-electron chi connectivity index (χ1n) is 3.38. The van der Waals surface area contributed by atoms with Crippen LogP contribution < -0.4 is 0 Å². The first-order chi connectivity index (χ1) is 4.33. The van der Waals surface area contributed by atoms with Crippen molar-refractivity contribution in [1.29, 1.82) is 0 Å². The van der Waals surface area contributed by atoms with E-state index in [1.54, 1.807) is 0 Å². The minimum absolute atomic E-state index is 0. The number of hydrogen-bond donors (Lipinski definition) is 0. The Morgan fingerprint density at radius 2 is 1.29 bits per heavy atom. The summed E-state index contributed by atoms with van der Waals surface area (Å²) in [6.45, 7) is 4.28. The Labute approximate surface area is 117 Å². The van der Waals surface area contributed by atoms with Crippen molar-refractivity contribution in [3.8, 4) is 0 Å². The number of rotatable bonds is 1. The van der Waals surface area contributed by atoms with E-state index in [4.69, 9.17) is 0 Å². The van der Waals surface area contributed by atoms with Crippen molar-refractivity contribution in [1.82, 2.24) is 0 Å². The molecule has 14 heavy (non-hydrogen) atoms. The van der Waals surface area contributed by atoms with E-state index in [1.165, 1.54) is 11.1 Å². The van der Waals surface area contributed by atoms with E-state index in [9.17, 15) is 0 Å². The smallest absolute Gasteiger partial charge is 0 e. The minimum Gasteiger partial charge on any atom is -0.358 e. The van der Waals surface area contributed by atoms with Gasteiger partial charge >= 0.3 is 0 Å². The molecule has 0 atom stereocenters. The summed E-state index contributed by atoms with van der Waals surface area (Å²) in [7, 11) is 0. The van der Waals surface area contributed by atoms with Crippen molar-refractivity contribution in [3.05, 3.63) is 42.8 Å². The van der Waals surface area contributed by atoms with E-state index < -0.39 is 0 Å². The summed E-state index contributed by atoms with van der Waals surface area (Å²) >= 11 is 0. The fraction of sp³-hybridized carbons (Fsp3) is 0.462. The molecule has 0 saturated heterocycles. The van der Waals surface area contributed by atoms with Gasteiger partial charge in [0.05, 0.1) is 0 Å². The zero-order valence-electron chi connectivity index (χ0n) is 7.59. The van der Waals surface area contributed by atoms with Gasteiger partial charge in [0.25, 0.3) is 0 Å². The van der Waals surface area contributed by atoms with Gasteiger partial charge in [-0.25, -0.2) is 0 Å². The van der Waals surface area contributed by atoms with Gasteiger partial charge in [-0.2, -0.15) is 0 Å². The molecule has 0 N–H and O–H groups in total. The Morgan fingerprint density at radius 3 is 1.57 bits per heavy atom. The Hall–Kier alpha value is 0.324. The minimum atomic E-state index is 0. The second-order valence-corrected chi connectivity index (χ2v) is 2.34. The van der Waals surface area contributed by atoms with Gasteiger partial charge in [0, 0.05) is 32.7 Å². The van der Waals surface area contributed by atoms with Crippen LogP contribution in [0.15, 0.2) is 24.3 Å². The first-order valence-corrected chi connectivity index (χ1v) is 3.38. The molecule has 0 saturated carbocycles. The molecule has 0 spiro atoms. The van der Waals surface area contributed by atoms with Gasteiger partial charge in [-0.15, -0.1) is 0 Å². The van der Waals surface area contributed by atoms with Gasteiger partial charge in [0.2, 0.25) is 0 Å². The molecule has 1 heteroatoms. The SMILES string of the molecule is C.C.C.CCc1ccc(C)cc1.[CH3-].[Y]. The molecule has 1 rings (SSSR count). The monoisotopic (exact) mass is 272 g/mol. The van der Waals surface area contributed by atoms with Gasteiger partial charge in [-0.3, -0.25) is 0 Å². The second kappa shape index (κ2) is 15.8. The molecule has 0 heterocycles. The second-order valence-electron chi connectivity index (χ2n) is 2.34. The molecular weight excluding hydrogens is 245 g/mol. The standard InChI is InChI=1S/C9H12.3CH4.CH3.Y/c1-3-9-6-4-8(2)5-7-9;;;;;/h4-7H,3H2,1-2H3;3*1H4;1H3;/q;;;;-1;. The molecule has 1 aromatic rings. The summed E-state index contributed by atoms with van der Waals surface area (Å²) in [5.41, 5.74) is 2.76. The van der Waals surface area contributed by atoms with Gasteiger partial charge < -0.3 is 7.43 Å². The summed E-state index contributed by atoms with van der Waals surface area (Å²) in [6.07, 6.45) is 1.14. The van der Waals surface area contributed by atoms with Crippen LogP contribution in [0.1, 0.15) is 40.3 Å². The molecule has 0 aliphatic rings. The van der Waals surface area contributed by atoms with Gasteiger partial charge in [-0.05, 0) is 18.9 Å². The Bertz CT molecular complexity index is 177. The van der Waals surface area contributed by atoms with Crippen LogP contribution in [0.5, 0.6) is 0 Å². The van der Waals surface area contributed by atoms with Crippen molar-refractivity contribution in [2.75, 3.05) is 0 Å². The molecule has 0 fully saturated rings. The van der Waals surface area contributed by atoms with Crippen molar-refractivity contribution in [2.24, 2.45) is 0 Å². The van der Waals surface area contributed by atoms with Crippen LogP contribution in [0, 0.1) is 14.4 Å². The van der Waals surface area contributed by atoms with Crippen molar-refractivity contribution in [3.63, 3.8) is 0 Å². The predicted molar refractivity (Wildman–Crippen MR) is 67.2 cm³/mol. The van der Waals surface area contributed by atoms with E-state index in [0.29, 0.717) is 0 Å². The molecular formula is C13H27Y-. The van der Waals surface area contributed by atoms with Crippen molar-refractivity contribution >= 4 is 0 Å². The molecule has 1 aromatic carbocycles. The maximum atomic E-state index is 2.18. The molecule has 0 aliphatic carbocycles. The summed E-state index contributed by atoms with van der Waals surface area (Å²) < 4.78 is 0. The van der Waals surface area contributed by atoms with Gasteiger partial charge in [-0.1, -0.05) is 59.0 Å². The largest absolute Gasteiger partial charge is 0.358 e.